The van der Waals surface area contributed by atoms with E-state index in [0.717, 1.165) is 45.9 Å². The highest BCUT2D eigenvalue weighted by atomic mass is 16.2. The van der Waals surface area contributed by atoms with Gasteiger partial charge in [-0.2, -0.15) is 0 Å². The molecule has 0 saturated carbocycles. The van der Waals surface area contributed by atoms with E-state index in [4.69, 9.17) is 0 Å². The zero-order chi connectivity index (χ0) is 25.3. The van der Waals surface area contributed by atoms with Gasteiger partial charge >= 0.3 is 0 Å². The summed E-state index contributed by atoms with van der Waals surface area (Å²) < 4.78 is 0. The molecule has 0 radical (unpaired) electrons. The first-order valence-electron chi connectivity index (χ1n) is 12.5. The summed E-state index contributed by atoms with van der Waals surface area (Å²) in [5.74, 6) is 0.0471. The molecule has 1 aliphatic carbocycles. The molecule has 3 N–H and O–H groups in total. The van der Waals surface area contributed by atoms with E-state index in [9.17, 15) is 9.59 Å². The molecule has 5 rings (SSSR count). The molecule has 1 aliphatic heterocycles. The SMILES string of the molecule is Cc1ccc([C@H]2C3=C(CC(C)(C)CC3=O)Nc3ccccc3N2CC(=O)NCCc2cnc[nH]2)cc1. The normalized spacial score (nSPS) is 18.7. The summed E-state index contributed by atoms with van der Waals surface area (Å²) in [6.07, 6.45) is 5.33. The number of anilines is 2. The number of H-pyrrole nitrogens is 1. The highest BCUT2D eigenvalue weighted by Crippen LogP contribution is 2.48. The number of Topliss-reactive ketones (excluding diaryl/α,β-unsaturated/α-hetero) is 1. The van der Waals surface area contributed by atoms with Crippen molar-refractivity contribution in [3.63, 3.8) is 0 Å². The van der Waals surface area contributed by atoms with Crippen LogP contribution in [-0.2, 0) is 16.0 Å². The Kier molecular flexibility index (Phi) is 6.39. The lowest BCUT2D eigenvalue weighted by molar-refractivity contribution is -0.120. The minimum atomic E-state index is -0.362. The van der Waals surface area contributed by atoms with Crippen LogP contribution in [0.2, 0.25) is 0 Å². The molecule has 7 nitrogen and oxygen atoms in total. The number of imidazole rings is 1. The number of para-hydroxylation sites is 2. The number of aromatic amines is 1. The van der Waals surface area contributed by atoms with Crippen LogP contribution in [0.5, 0.6) is 0 Å². The number of carbonyl (C=O) groups excluding carboxylic acids is 2. The number of fused-ring (bicyclic) bond motifs is 1. The van der Waals surface area contributed by atoms with Crippen LogP contribution in [0.4, 0.5) is 11.4 Å². The monoisotopic (exact) mass is 483 g/mol. The summed E-state index contributed by atoms with van der Waals surface area (Å²) in [4.78, 5) is 36.1. The number of aryl methyl sites for hydroxylation is 1. The molecule has 0 unspecified atom stereocenters. The second-order valence-electron chi connectivity index (χ2n) is 10.6. The van der Waals surface area contributed by atoms with Gasteiger partial charge in [-0.25, -0.2) is 4.98 Å². The number of benzene rings is 2. The second-order valence-corrected chi connectivity index (χ2v) is 10.6. The fraction of sp³-hybridized carbons (Fsp3) is 0.345. The molecular weight excluding hydrogens is 450 g/mol. The fourth-order valence-corrected chi connectivity index (χ4v) is 5.29. The first-order chi connectivity index (χ1) is 17.3. The molecule has 1 atom stereocenters. The van der Waals surface area contributed by atoms with Crippen molar-refractivity contribution in [3.05, 3.63) is 89.1 Å². The number of ketones is 1. The molecule has 2 aromatic carbocycles. The molecular formula is C29H33N5O2. The third-order valence-electron chi connectivity index (χ3n) is 6.98. The van der Waals surface area contributed by atoms with Gasteiger partial charge in [-0.15, -0.1) is 0 Å². The topological polar surface area (TPSA) is 90.1 Å². The van der Waals surface area contributed by atoms with Crippen molar-refractivity contribution in [1.82, 2.24) is 15.3 Å². The van der Waals surface area contributed by atoms with E-state index in [0.29, 0.717) is 19.4 Å². The van der Waals surface area contributed by atoms with Gasteiger partial charge in [0.2, 0.25) is 5.91 Å². The number of rotatable bonds is 6. The van der Waals surface area contributed by atoms with Crippen LogP contribution in [0.15, 0.2) is 72.3 Å². The molecule has 1 amide bonds. The van der Waals surface area contributed by atoms with Crippen molar-refractivity contribution < 1.29 is 9.59 Å². The van der Waals surface area contributed by atoms with E-state index < -0.39 is 0 Å². The molecule has 186 valence electrons. The van der Waals surface area contributed by atoms with Crippen molar-refractivity contribution in [3.8, 4) is 0 Å². The third kappa shape index (κ3) is 4.91. The number of hydrogen-bond donors (Lipinski definition) is 3. The molecule has 0 fully saturated rings. The van der Waals surface area contributed by atoms with E-state index in [2.05, 4.69) is 70.5 Å². The van der Waals surface area contributed by atoms with E-state index in [1.807, 2.05) is 24.3 Å². The Labute approximate surface area is 212 Å². The maximum absolute atomic E-state index is 13.7. The predicted molar refractivity (Wildman–Crippen MR) is 142 cm³/mol. The summed E-state index contributed by atoms with van der Waals surface area (Å²) in [6.45, 7) is 6.97. The van der Waals surface area contributed by atoms with Crippen molar-refractivity contribution in [2.45, 2.75) is 46.1 Å². The molecule has 2 heterocycles. The lowest BCUT2D eigenvalue weighted by Gasteiger charge is -2.38. The molecule has 3 aromatic rings. The molecule has 1 aromatic heterocycles. The summed E-state index contributed by atoms with van der Waals surface area (Å²) in [6, 6.07) is 15.9. The molecule has 0 bridgehead atoms. The maximum atomic E-state index is 13.7. The summed E-state index contributed by atoms with van der Waals surface area (Å²) in [5.41, 5.74) is 6.54. The van der Waals surface area contributed by atoms with Gasteiger partial charge in [-0.05, 0) is 36.5 Å². The summed E-state index contributed by atoms with van der Waals surface area (Å²) in [7, 11) is 0. The second kappa shape index (κ2) is 9.64. The minimum Gasteiger partial charge on any atom is -0.357 e. The molecule has 2 aliphatic rings. The highest BCUT2D eigenvalue weighted by Gasteiger charge is 2.41. The summed E-state index contributed by atoms with van der Waals surface area (Å²) >= 11 is 0. The van der Waals surface area contributed by atoms with Crippen molar-refractivity contribution in [2.24, 2.45) is 5.41 Å². The average Bonchev–Trinajstić information content (AvgIpc) is 3.30. The average molecular weight is 484 g/mol. The fourth-order valence-electron chi connectivity index (χ4n) is 5.29. The number of allylic oxidation sites excluding steroid dienone is 1. The van der Waals surface area contributed by atoms with Crippen LogP contribution >= 0.6 is 0 Å². The first kappa shape index (κ1) is 23.9. The Morgan fingerprint density at radius 1 is 1.14 bits per heavy atom. The Morgan fingerprint density at radius 3 is 2.67 bits per heavy atom. The number of hydrogen-bond acceptors (Lipinski definition) is 5. The molecule has 36 heavy (non-hydrogen) atoms. The number of nitrogens with zero attached hydrogens (tertiary/aromatic N) is 2. The summed E-state index contributed by atoms with van der Waals surface area (Å²) in [5, 5.41) is 6.65. The quantitative estimate of drug-likeness (QED) is 0.473. The number of carbonyl (C=O) groups is 2. The van der Waals surface area contributed by atoms with Crippen LogP contribution < -0.4 is 15.5 Å². The van der Waals surface area contributed by atoms with Gasteiger partial charge in [0.1, 0.15) is 0 Å². The van der Waals surface area contributed by atoms with Crippen LogP contribution in [0.25, 0.3) is 0 Å². The van der Waals surface area contributed by atoms with E-state index in [1.54, 1.807) is 12.5 Å². The van der Waals surface area contributed by atoms with Gasteiger partial charge < -0.3 is 20.5 Å². The Hall–Kier alpha value is -3.87. The van der Waals surface area contributed by atoms with Crippen LogP contribution in [-0.4, -0.2) is 34.7 Å². The van der Waals surface area contributed by atoms with Gasteiger partial charge in [0.05, 0.1) is 30.3 Å². The predicted octanol–water partition coefficient (Wildman–Crippen LogP) is 4.69. The lowest BCUT2D eigenvalue weighted by atomic mass is 9.73. The van der Waals surface area contributed by atoms with Gasteiger partial charge in [0.25, 0.3) is 0 Å². The Morgan fingerprint density at radius 2 is 1.92 bits per heavy atom. The van der Waals surface area contributed by atoms with Gasteiger partial charge in [-0.1, -0.05) is 55.8 Å². The molecule has 7 heteroatoms. The molecule has 0 saturated heterocycles. The van der Waals surface area contributed by atoms with E-state index in [-0.39, 0.29) is 29.7 Å². The largest absolute Gasteiger partial charge is 0.357 e. The van der Waals surface area contributed by atoms with Gasteiger partial charge in [0, 0.05) is 42.5 Å². The smallest absolute Gasteiger partial charge is 0.239 e. The van der Waals surface area contributed by atoms with Crippen molar-refractivity contribution in [2.75, 3.05) is 23.3 Å². The number of aromatic nitrogens is 2. The zero-order valence-electron chi connectivity index (χ0n) is 21.1. The number of amides is 1. The van der Waals surface area contributed by atoms with Crippen LogP contribution in [0, 0.1) is 12.3 Å². The standard InChI is InChI=1S/C29H33N5O2/c1-19-8-10-20(11-9-19)28-27-23(14-29(2,3)15-25(27)35)33-22-6-4-5-7-24(22)34(28)17-26(36)31-13-12-21-16-30-18-32-21/h4-11,16,18,28,33H,12-15,17H2,1-3H3,(H,30,32)(H,31,36)/t28-/m0/s1. The van der Waals surface area contributed by atoms with Gasteiger partial charge in [-0.3, -0.25) is 9.59 Å². The van der Waals surface area contributed by atoms with Crippen LogP contribution in [0.3, 0.4) is 0 Å². The van der Waals surface area contributed by atoms with Crippen molar-refractivity contribution in [1.29, 1.82) is 0 Å². The zero-order valence-corrected chi connectivity index (χ0v) is 21.1. The number of nitrogens with one attached hydrogen (secondary N) is 3. The Balaban J connectivity index is 1.54. The maximum Gasteiger partial charge on any atom is 0.239 e. The third-order valence-corrected chi connectivity index (χ3v) is 6.98. The van der Waals surface area contributed by atoms with Crippen molar-refractivity contribution >= 4 is 23.1 Å². The molecule has 0 spiro atoms. The first-order valence-corrected chi connectivity index (χ1v) is 12.5. The minimum absolute atomic E-state index is 0.0888. The van der Waals surface area contributed by atoms with Gasteiger partial charge in [0.15, 0.2) is 5.78 Å². The Bertz CT molecular complexity index is 1290. The van der Waals surface area contributed by atoms with Crippen LogP contribution in [0.1, 0.15) is 49.6 Å². The highest BCUT2D eigenvalue weighted by molar-refractivity contribution is 6.01. The van der Waals surface area contributed by atoms with E-state index >= 15 is 0 Å². The lowest BCUT2D eigenvalue weighted by Crippen LogP contribution is -2.42. The van der Waals surface area contributed by atoms with E-state index in [1.165, 1.54) is 0 Å².